The summed E-state index contributed by atoms with van der Waals surface area (Å²) in [5.74, 6) is 2.01. The second-order valence-electron chi connectivity index (χ2n) is 22.4. The van der Waals surface area contributed by atoms with E-state index in [-0.39, 0.29) is 0 Å². The Labute approximate surface area is 440 Å². The van der Waals surface area contributed by atoms with Crippen molar-refractivity contribution in [2.45, 2.75) is 336 Å². The zero-order valence-corrected chi connectivity index (χ0v) is 49.1. The molecule has 4 aromatic heterocycles. The van der Waals surface area contributed by atoms with Crippen molar-refractivity contribution in [3.63, 3.8) is 0 Å². The van der Waals surface area contributed by atoms with E-state index in [1.807, 2.05) is 22.7 Å². The molecule has 0 fully saturated rings. The molecule has 392 valence electrons. The molecule has 0 aromatic carbocycles. The van der Waals surface area contributed by atoms with Crippen molar-refractivity contribution < 1.29 is 0 Å². The fraction of sp³-hybridized carbons (Fsp3) is 0.844. The van der Waals surface area contributed by atoms with Crippen LogP contribution in [0.25, 0.3) is 28.2 Å². The van der Waals surface area contributed by atoms with Gasteiger partial charge in [-0.3, -0.25) is 0 Å². The van der Waals surface area contributed by atoms with Gasteiger partial charge in [0.05, 0.1) is 28.2 Å². The van der Waals surface area contributed by atoms with E-state index in [1.165, 1.54) is 308 Å². The third-order valence-electron chi connectivity index (χ3n) is 16.1. The molecule has 0 spiro atoms. The zero-order valence-electron chi connectivity index (χ0n) is 45.9. The van der Waals surface area contributed by atoms with Crippen LogP contribution in [0.2, 0.25) is 0 Å². The highest BCUT2D eigenvalue weighted by atomic mass is 32.1. The summed E-state index contributed by atoms with van der Waals surface area (Å²) in [6, 6.07) is 0. The Morgan fingerprint density at radius 2 is 0.471 bits per heavy atom. The van der Waals surface area contributed by atoms with Crippen LogP contribution in [-0.2, 0) is 12.8 Å². The predicted molar refractivity (Wildman–Crippen MR) is 320 cm³/mol. The van der Waals surface area contributed by atoms with Crippen LogP contribution in [0.1, 0.15) is 334 Å². The molecular formula is C64H112S4. The second kappa shape index (κ2) is 41.0. The molecule has 0 nitrogen and oxygen atoms in total. The molecule has 4 heteroatoms. The fourth-order valence-electron chi connectivity index (χ4n) is 11.6. The molecule has 0 aliphatic rings. The Bertz CT molecular complexity index is 1570. The normalized spacial score (nSPS) is 13.1. The van der Waals surface area contributed by atoms with Crippen molar-refractivity contribution in [3.05, 3.63) is 21.9 Å². The Hall–Kier alpha value is -0.420. The van der Waals surface area contributed by atoms with E-state index in [2.05, 4.69) is 61.1 Å². The summed E-state index contributed by atoms with van der Waals surface area (Å²) in [6.45, 7) is 9.34. The predicted octanol–water partition coefficient (Wildman–Crippen LogP) is 25.7. The Balaban J connectivity index is 1.08. The first-order valence-electron chi connectivity index (χ1n) is 31.0. The average Bonchev–Trinajstić information content (AvgIpc) is 4.12. The summed E-state index contributed by atoms with van der Waals surface area (Å²) in [6.07, 6.45) is 69.6. The number of thiophene rings is 4. The topological polar surface area (TPSA) is 0 Å². The van der Waals surface area contributed by atoms with Gasteiger partial charge in [-0.15, -0.1) is 45.3 Å². The average molecular weight is 1010 g/mol. The van der Waals surface area contributed by atoms with E-state index in [1.54, 1.807) is 39.3 Å². The molecule has 2 atom stereocenters. The molecule has 0 N–H and O–H groups in total. The van der Waals surface area contributed by atoms with Crippen LogP contribution >= 0.6 is 45.3 Å². The van der Waals surface area contributed by atoms with Gasteiger partial charge in [-0.05, 0) is 59.4 Å². The van der Waals surface area contributed by atoms with Crippen molar-refractivity contribution in [1.82, 2.24) is 0 Å². The first-order chi connectivity index (χ1) is 33.7. The largest absolute Gasteiger partial charge is 0.141 e. The minimum absolute atomic E-state index is 1.01. The van der Waals surface area contributed by atoms with Crippen LogP contribution in [0, 0.1) is 11.8 Å². The molecule has 4 aromatic rings. The van der Waals surface area contributed by atoms with Crippen LogP contribution in [0.4, 0.5) is 0 Å². The van der Waals surface area contributed by atoms with E-state index in [0.717, 1.165) is 11.8 Å². The third-order valence-corrected chi connectivity index (χ3v) is 21.4. The van der Waals surface area contributed by atoms with Crippen molar-refractivity contribution in [1.29, 1.82) is 0 Å². The van der Waals surface area contributed by atoms with Gasteiger partial charge in [0.2, 0.25) is 0 Å². The van der Waals surface area contributed by atoms with Crippen LogP contribution in [-0.4, -0.2) is 0 Å². The maximum atomic E-state index is 2.53. The van der Waals surface area contributed by atoms with E-state index in [4.69, 9.17) is 0 Å². The number of fused-ring (bicyclic) bond motifs is 5. The number of hydrogen-bond donors (Lipinski definition) is 0. The summed E-state index contributed by atoms with van der Waals surface area (Å²) in [7, 11) is 0. The van der Waals surface area contributed by atoms with Gasteiger partial charge in [0, 0.05) is 0 Å². The molecular weight excluding hydrogens is 897 g/mol. The highest BCUT2D eigenvalue weighted by Gasteiger charge is 2.19. The van der Waals surface area contributed by atoms with Gasteiger partial charge in [0.15, 0.2) is 0 Å². The van der Waals surface area contributed by atoms with Crippen LogP contribution in [0.3, 0.4) is 0 Å². The second-order valence-corrected chi connectivity index (χ2v) is 26.2. The molecule has 68 heavy (non-hydrogen) atoms. The SMILES string of the molecule is CCCCCCCCCCC(CCCCCCCC)CCCCCCCCc1csc2c1sc1c3scc(CCCCCCCCC(CCCCCCCC)CCCCCCCCCC)c3sc21. The number of hydrogen-bond acceptors (Lipinski definition) is 4. The van der Waals surface area contributed by atoms with Crippen LogP contribution < -0.4 is 0 Å². The lowest BCUT2D eigenvalue weighted by Gasteiger charge is -2.17. The third kappa shape index (κ3) is 25.5. The minimum atomic E-state index is 1.01. The van der Waals surface area contributed by atoms with Gasteiger partial charge >= 0.3 is 0 Å². The molecule has 4 rings (SSSR count). The van der Waals surface area contributed by atoms with Crippen LogP contribution in [0.15, 0.2) is 10.8 Å². The van der Waals surface area contributed by atoms with Gasteiger partial charge in [0.25, 0.3) is 0 Å². The molecule has 0 aliphatic carbocycles. The van der Waals surface area contributed by atoms with Gasteiger partial charge in [-0.2, -0.15) is 0 Å². The van der Waals surface area contributed by atoms with Gasteiger partial charge < -0.3 is 0 Å². The molecule has 0 saturated heterocycles. The van der Waals surface area contributed by atoms with E-state index in [0.29, 0.717) is 0 Å². The monoisotopic (exact) mass is 1010 g/mol. The number of unbranched alkanes of at least 4 members (excludes halogenated alkanes) is 34. The van der Waals surface area contributed by atoms with Crippen molar-refractivity contribution in [2.75, 3.05) is 0 Å². The first kappa shape index (κ1) is 60.1. The van der Waals surface area contributed by atoms with Crippen LogP contribution in [0.5, 0.6) is 0 Å². The van der Waals surface area contributed by atoms with Crippen molar-refractivity contribution in [2.24, 2.45) is 11.8 Å². The zero-order chi connectivity index (χ0) is 48.0. The highest BCUT2D eigenvalue weighted by molar-refractivity contribution is 7.44. The summed E-state index contributed by atoms with van der Waals surface area (Å²) in [4.78, 5) is 0. The minimum Gasteiger partial charge on any atom is -0.141 e. The molecule has 0 aliphatic heterocycles. The Morgan fingerprint density at radius 3 is 0.721 bits per heavy atom. The Morgan fingerprint density at radius 1 is 0.250 bits per heavy atom. The number of rotatable bonds is 50. The molecule has 4 heterocycles. The maximum Gasteiger partial charge on any atom is 0.0650 e. The summed E-state index contributed by atoms with van der Waals surface area (Å²) in [5, 5.41) is 5.05. The lowest BCUT2D eigenvalue weighted by molar-refractivity contribution is 0.365. The standard InChI is InChI=1S/C64H112S4/c1-5-9-13-17-21-23-31-39-47-55(45-37-29-19-15-11-7-3)49-41-33-25-27-35-43-51-57-53-65-61-59(57)67-64-62-60(68-63(61)64)58(54-66-62)52-44-36-28-26-34-42-50-56(46-38-30-20-16-12-8-4)48-40-32-24-22-18-14-10-6-2/h53-56H,5-52H2,1-4H3. The smallest absolute Gasteiger partial charge is 0.0650 e. The molecule has 0 amide bonds. The molecule has 2 unspecified atom stereocenters. The summed E-state index contributed by atoms with van der Waals surface area (Å²) < 4.78 is 9.69. The van der Waals surface area contributed by atoms with Gasteiger partial charge in [-0.25, -0.2) is 0 Å². The van der Waals surface area contributed by atoms with Gasteiger partial charge in [-0.1, -0.05) is 310 Å². The molecule has 0 saturated carbocycles. The fourth-order valence-corrected chi connectivity index (χ4v) is 17.4. The van der Waals surface area contributed by atoms with Gasteiger partial charge in [0.1, 0.15) is 0 Å². The quantitative estimate of drug-likeness (QED) is 0.0387. The van der Waals surface area contributed by atoms with Crippen molar-refractivity contribution >= 4 is 73.5 Å². The van der Waals surface area contributed by atoms with E-state index in [9.17, 15) is 0 Å². The summed E-state index contributed by atoms with van der Waals surface area (Å²) in [5.41, 5.74) is 3.30. The Kier molecular flexibility index (Phi) is 36.3. The van der Waals surface area contributed by atoms with E-state index < -0.39 is 0 Å². The van der Waals surface area contributed by atoms with E-state index >= 15 is 0 Å². The first-order valence-corrected chi connectivity index (χ1v) is 34.4. The maximum absolute atomic E-state index is 2.53. The molecule has 0 bridgehead atoms. The highest BCUT2D eigenvalue weighted by Crippen LogP contribution is 2.50. The van der Waals surface area contributed by atoms with Crippen molar-refractivity contribution in [3.8, 4) is 0 Å². The lowest BCUT2D eigenvalue weighted by atomic mass is 9.89. The molecule has 0 radical (unpaired) electrons. The number of aryl methyl sites for hydroxylation is 2. The summed E-state index contributed by atoms with van der Waals surface area (Å²) >= 11 is 8.36. The lowest BCUT2D eigenvalue weighted by Crippen LogP contribution is -2.01.